The van der Waals surface area contributed by atoms with E-state index in [4.69, 9.17) is 4.74 Å². The fraction of sp³-hybridized carbons (Fsp3) is 0.500. The topological polar surface area (TPSA) is 110 Å². The number of halogens is 1. The number of esters is 1. The van der Waals surface area contributed by atoms with Gasteiger partial charge >= 0.3 is 5.97 Å². The summed E-state index contributed by atoms with van der Waals surface area (Å²) in [6.07, 6.45) is 1.12. The largest absolute Gasteiger partial charge is 0.462 e. The van der Waals surface area contributed by atoms with E-state index < -0.39 is 34.0 Å². The number of carbonyl (C=O) groups excluding carboxylic acids is 1. The van der Waals surface area contributed by atoms with Gasteiger partial charge in [0.1, 0.15) is 11.9 Å². The molecule has 2 aromatic rings. The van der Waals surface area contributed by atoms with E-state index in [-0.39, 0.29) is 18.3 Å². The molecule has 2 heterocycles. The van der Waals surface area contributed by atoms with Gasteiger partial charge in [-0.25, -0.2) is 27.1 Å². The fourth-order valence-corrected chi connectivity index (χ4v) is 4.07. The van der Waals surface area contributed by atoms with Crippen LogP contribution in [0.15, 0.2) is 24.3 Å². The summed E-state index contributed by atoms with van der Waals surface area (Å²) < 4.78 is 44.1. The average molecular weight is 466 g/mol. The summed E-state index contributed by atoms with van der Waals surface area (Å²) in [6.45, 7) is 3.88. The van der Waals surface area contributed by atoms with Crippen LogP contribution in [-0.2, 0) is 26.0 Å². The van der Waals surface area contributed by atoms with Crippen LogP contribution < -0.4 is 4.31 Å². The molecule has 0 radical (unpaired) electrons. The Bertz CT molecular complexity index is 1090. The molecule has 0 amide bonds. The maximum absolute atomic E-state index is 13.5. The van der Waals surface area contributed by atoms with Gasteiger partial charge in [0, 0.05) is 24.6 Å². The van der Waals surface area contributed by atoms with Crippen molar-refractivity contribution in [1.82, 2.24) is 9.97 Å². The van der Waals surface area contributed by atoms with Crippen molar-refractivity contribution < 1.29 is 27.4 Å². The highest BCUT2D eigenvalue weighted by atomic mass is 32.2. The molecule has 1 N–H and O–H groups in total. The van der Waals surface area contributed by atoms with Gasteiger partial charge in [0.05, 0.1) is 30.2 Å². The predicted molar refractivity (Wildman–Crippen MR) is 118 cm³/mol. The zero-order chi connectivity index (χ0) is 23.6. The number of aliphatic hydroxyl groups excluding tert-OH is 1. The molecule has 1 fully saturated rings. The first-order valence-corrected chi connectivity index (χ1v) is 12.3. The molecule has 8 nitrogen and oxygen atoms in total. The standard InChI is InChI=1S/C22H28FN3O5S/c1-13(2)20-18(10-9-17-11-16(27)12-19(28)31-17)21(14-5-7-15(23)8-6-14)25-22(24-20)26(3)32(4,29)30/h5-8,13,16-17,27H,9-12H2,1-4H3/t16-,17+/m0/s1. The lowest BCUT2D eigenvalue weighted by Gasteiger charge is -2.27. The van der Waals surface area contributed by atoms with Crippen LogP contribution in [0, 0.1) is 5.82 Å². The van der Waals surface area contributed by atoms with Crippen molar-refractivity contribution in [1.29, 1.82) is 0 Å². The molecule has 174 valence electrons. The third-order valence-electron chi connectivity index (χ3n) is 5.42. The number of anilines is 1. The number of aliphatic hydroxyl groups is 1. The Labute approximate surface area is 187 Å². The fourth-order valence-electron chi connectivity index (χ4n) is 3.69. The number of ether oxygens (including phenoxy) is 1. The number of hydrogen-bond donors (Lipinski definition) is 1. The van der Waals surface area contributed by atoms with E-state index in [0.29, 0.717) is 36.2 Å². The Morgan fingerprint density at radius 2 is 1.91 bits per heavy atom. The van der Waals surface area contributed by atoms with Gasteiger partial charge in [-0.05, 0) is 43.0 Å². The summed E-state index contributed by atoms with van der Waals surface area (Å²) in [6, 6.07) is 5.80. The monoisotopic (exact) mass is 465 g/mol. The highest BCUT2D eigenvalue weighted by Crippen LogP contribution is 2.32. The number of aromatic nitrogens is 2. The molecular weight excluding hydrogens is 437 g/mol. The predicted octanol–water partition coefficient (Wildman–Crippen LogP) is 2.80. The van der Waals surface area contributed by atoms with E-state index in [0.717, 1.165) is 16.1 Å². The number of carbonyl (C=O) groups is 1. The quantitative estimate of drug-likeness (QED) is 0.626. The van der Waals surface area contributed by atoms with E-state index in [1.165, 1.54) is 19.2 Å². The van der Waals surface area contributed by atoms with E-state index in [2.05, 4.69) is 9.97 Å². The summed E-state index contributed by atoms with van der Waals surface area (Å²) in [5.41, 5.74) is 2.55. The Morgan fingerprint density at radius 1 is 1.25 bits per heavy atom. The number of rotatable bonds is 7. The molecule has 0 spiro atoms. The van der Waals surface area contributed by atoms with Crippen LogP contribution in [-0.4, -0.2) is 55.0 Å². The summed E-state index contributed by atoms with van der Waals surface area (Å²) in [7, 11) is -2.21. The van der Waals surface area contributed by atoms with Crippen LogP contribution in [0.2, 0.25) is 0 Å². The Morgan fingerprint density at radius 3 is 2.47 bits per heavy atom. The molecule has 32 heavy (non-hydrogen) atoms. The second-order valence-corrected chi connectivity index (χ2v) is 10.4. The number of hydrogen-bond acceptors (Lipinski definition) is 7. The van der Waals surface area contributed by atoms with Gasteiger partial charge in [0.25, 0.3) is 0 Å². The Hall–Kier alpha value is -2.59. The minimum Gasteiger partial charge on any atom is -0.462 e. The number of nitrogens with zero attached hydrogens (tertiary/aromatic N) is 3. The minimum absolute atomic E-state index is 0.00971. The highest BCUT2D eigenvalue weighted by molar-refractivity contribution is 7.92. The van der Waals surface area contributed by atoms with Gasteiger partial charge in [-0.1, -0.05) is 13.8 Å². The van der Waals surface area contributed by atoms with E-state index in [1.807, 2.05) is 13.8 Å². The zero-order valence-electron chi connectivity index (χ0n) is 18.6. The van der Waals surface area contributed by atoms with Crippen molar-refractivity contribution in [3.05, 3.63) is 41.3 Å². The third kappa shape index (κ3) is 5.60. The van der Waals surface area contributed by atoms with Gasteiger partial charge < -0.3 is 9.84 Å². The van der Waals surface area contributed by atoms with Gasteiger partial charge in [-0.15, -0.1) is 0 Å². The molecule has 1 aromatic carbocycles. The first-order chi connectivity index (χ1) is 15.0. The smallest absolute Gasteiger partial charge is 0.308 e. The van der Waals surface area contributed by atoms with Crippen LogP contribution in [0.1, 0.15) is 50.3 Å². The minimum atomic E-state index is -3.60. The molecule has 0 bridgehead atoms. The molecule has 0 saturated carbocycles. The molecule has 0 unspecified atom stereocenters. The molecule has 0 aliphatic carbocycles. The van der Waals surface area contributed by atoms with Crippen molar-refractivity contribution in [2.45, 2.75) is 57.7 Å². The number of cyclic esters (lactones) is 1. The van der Waals surface area contributed by atoms with Crippen LogP contribution in [0.3, 0.4) is 0 Å². The first-order valence-electron chi connectivity index (χ1n) is 10.4. The van der Waals surface area contributed by atoms with Gasteiger partial charge in [-0.2, -0.15) is 0 Å². The molecule has 3 rings (SSSR count). The summed E-state index contributed by atoms with van der Waals surface area (Å²) >= 11 is 0. The van der Waals surface area contributed by atoms with Crippen molar-refractivity contribution in [2.75, 3.05) is 17.6 Å². The van der Waals surface area contributed by atoms with Crippen LogP contribution in [0.25, 0.3) is 11.3 Å². The van der Waals surface area contributed by atoms with Gasteiger partial charge in [0.2, 0.25) is 16.0 Å². The van der Waals surface area contributed by atoms with Crippen molar-refractivity contribution in [3.63, 3.8) is 0 Å². The molecule has 1 aliphatic rings. The van der Waals surface area contributed by atoms with Crippen molar-refractivity contribution >= 4 is 21.9 Å². The maximum Gasteiger partial charge on any atom is 0.308 e. The molecule has 10 heteroatoms. The Kier molecular flexibility index (Phi) is 7.14. The van der Waals surface area contributed by atoms with Crippen LogP contribution in [0.5, 0.6) is 0 Å². The SMILES string of the molecule is CC(C)c1nc(N(C)S(C)(=O)=O)nc(-c2ccc(F)cc2)c1CC[C@@H]1C[C@H](O)CC(=O)O1. The lowest BCUT2D eigenvalue weighted by Crippen LogP contribution is -2.33. The van der Waals surface area contributed by atoms with Crippen LogP contribution in [0.4, 0.5) is 10.3 Å². The third-order valence-corrected chi connectivity index (χ3v) is 6.58. The van der Waals surface area contributed by atoms with Crippen molar-refractivity contribution in [2.24, 2.45) is 0 Å². The second kappa shape index (κ2) is 9.50. The highest BCUT2D eigenvalue weighted by Gasteiger charge is 2.29. The zero-order valence-corrected chi connectivity index (χ0v) is 19.4. The van der Waals surface area contributed by atoms with E-state index >= 15 is 0 Å². The van der Waals surface area contributed by atoms with Crippen LogP contribution >= 0.6 is 0 Å². The molecule has 2 atom stereocenters. The molecule has 1 aliphatic heterocycles. The lowest BCUT2D eigenvalue weighted by molar-refractivity contribution is -0.160. The number of benzene rings is 1. The first kappa shape index (κ1) is 24.1. The summed E-state index contributed by atoms with van der Waals surface area (Å²) in [4.78, 5) is 20.8. The van der Waals surface area contributed by atoms with E-state index in [1.54, 1.807) is 12.1 Å². The summed E-state index contributed by atoms with van der Waals surface area (Å²) in [5.74, 6) is -0.861. The molecule has 1 aromatic heterocycles. The second-order valence-electron chi connectivity index (χ2n) is 8.37. The van der Waals surface area contributed by atoms with E-state index in [9.17, 15) is 22.7 Å². The normalized spacial score (nSPS) is 19.2. The Balaban J connectivity index is 2.08. The molecule has 1 saturated heterocycles. The summed E-state index contributed by atoms with van der Waals surface area (Å²) in [5, 5.41) is 9.90. The lowest BCUT2D eigenvalue weighted by atomic mass is 9.92. The van der Waals surface area contributed by atoms with Gasteiger partial charge in [0.15, 0.2) is 0 Å². The molecular formula is C22H28FN3O5S. The van der Waals surface area contributed by atoms with Gasteiger partial charge in [-0.3, -0.25) is 4.79 Å². The van der Waals surface area contributed by atoms with Crippen molar-refractivity contribution in [3.8, 4) is 11.3 Å². The average Bonchev–Trinajstić information content (AvgIpc) is 2.70. The maximum atomic E-state index is 13.5. The number of sulfonamides is 1.